The third-order valence-corrected chi connectivity index (χ3v) is 6.92. The van der Waals surface area contributed by atoms with E-state index in [4.69, 9.17) is 4.74 Å². The zero-order chi connectivity index (χ0) is 20.2. The van der Waals surface area contributed by atoms with Gasteiger partial charge in [0.2, 0.25) is 5.91 Å². The highest BCUT2D eigenvalue weighted by Gasteiger charge is 2.38. The van der Waals surface area contributed by atoms with Crippen LogP contribution >= 0.6 is 11.3 Å². The van der Waals surface area contributed by atoms with E-state index in [9.17, 15) is 9.59 Å². The highest BCUT2D eigenvalue weighted by Crippen LogP contribution is 2.33. The van der Waals surface area contributed by atoms with Crippen molar-refractivity contribution in [1.82, 2.24) is 9.88 Å². The van der Waals surface area contributed by atoms with Crippen molar-refractivity contribution >= 4 is 23.0 Å². The van der Waals surface area contributed by atoms with E-state index in [0.29, 0.717) is 25.2 Å². The summed E-state index contributed by atoms with van der Waals surface area (Å²) in [6.07, 6.45) is 5.98. The SMILES string of the molecule is CCOc1ccc(-c2nc(CC(=O)N3CCC[C@@H]3[C@@H]3CCCCC3=O)cs2)cc1. The molecule has 4 rings (SSSR count). The summed E-state index contributed by atoms with van der Waals surface area (Å²) in [6.45, 7) is 3.38. The summed E-state index contributed by atoms with van der Waals surface area (Å²) in [5.74, 6) is 1.35. The Bertz CT molecular complexity index is 861. The molecule has 1 aliphatic carbocycles. The Balaban J connectivity index is 1.41. The fraction of sp³-hybridized carbons (Fsp3) is 0.522. The van der Waals surface area contributed by atoms with Gasteiger partial charge in [-0.15, -0.1) is 11.3 Å². The number of aromatic nitrogens is 1. The Hall–Kier alpha value is -2.21. The van der Waals surface area contributed by atoms with Crippen molar-refractivity contribution in [3.63, 3.8) is 0 Å². The summed E-state index contributed by atoms with van der Waals surface area (Å²) in [6, 6.07) is 7.99. The van der Waals surface area contributed by atoms with Crippen molar-refractivity contribution < 1.29 is 14.3 Å². The highest BCUT2D eigenvalue weighted by atomic mass is 32.1. The molecule has 5 nitrogen and oxygen atoms in total. The number of rotatable bonds is 6. The quantitative estimate of drug-likeness (QED) is 0.701. The van der Waals surface area contributed by atoms with Gasteiger partial charge in [-0.2, -0.15) is 0 Å². The van der Waals surface area contributed by atoms with Crippen LogP contribution in [0.1, 0.15) is 51.1 Å². The first-order valence-electron chi connectivity index (χ1n) is 10.7. The van der Waals surface area contributed by atoms with Gasteiger partial charge >= 0.3 is 0 Å². The number of Topliss-reactive ketones (excluding diaryl/α,β-unsaturated/α-hetero) is 1. The van der Waals surface area contributed by atoms with E-state index < -0.39 is 0 Å². The van der Waals surface area contributed by atoms with Crippen LogP contribution in [-0.2, 0) is 16.0 Å². The van der Waals surface area contributed by atoms with Gasteiger partial charge in [0, 0.05) is 35.9 Å². The summed E-state index contributed by atoms with van der Waals surface area (Å²) >= 11 is 1.56. The number of carbonyl (C=O) groups is 2. The Labute approximate surface area is 176 Å². The van der Waals surface area contributed by atoms with Gasteiger partial charge in [0.25, 0.3) is 0 Å². The van der Waals surface area contributed by atoms with E-state index in [1.165, 1.54) is 0 Å². The smallest absolute Gasteiger partial charge is 0.228 e. The summed E-state index contributed by atoms with van der Waals surface area (Å²) in [4.78, 5) is 32.0. The molecule has 0 spiro atoms. The largest absolute Gasteiger partial charge is 0.494 e. The molecular weight excluding hydrogens is 384 g/mol. The fourth-order valence-corrected chi connectivity index (χ4v) is 5.40. The van der Waals surface area contributed by atoms with Gasteiger partial charge in [-0.1, -0.05) is 6.42 Å². The number of likely N-dealkylation sites (tertiary alicyclic amines) is 1. The lowest BCUT2D eigenvalue weighted by molar-refractivity contribution is -0.135. The maximum Gasteiger partial charge on any atom is 0.228 e. The monoisotopic (exact) mass is 412 g/mol. The van der Waals surface area contributed by atoms with E-state index in [0.717, 1.165) is 60.7 Å². The summed E-state index contributed by atoms with van der Waals surface area (Å²) < 4.78 is 5.49. The first kappa shape index (κ1) is 20.1. The van der Waals surface area contributed by atoms with Gasteiger partial charge in [0.05, 0.1) is 18.7 Å². The minimum absolute atomic E-state index is 0.0463. The van der Waals surface area contributed by atoms with Crippen molar-refractivity contribution in [3.8, 4) is 16.3 Å². The second-order valence-corrected chi connectivity index (χ2v) is 8.75. The molecule has 29 heavy (non-hydrogen) atoms. The zero-order valence-corrected chi connectivity index (χ0v) is 17.7. The van der Waals surface area contributed by atoms with Crippen LogP contribution in [0.4, 0.5) is 0 Å². The van der Waals surface area contributed by atoms with Gasteiger partial charge < -0.3 is 9.64 Å². The molecule has 2 aliphatic rings. The molecule has 2 atom stereocenters. The molecule has 1 saturated carbocycles. The standard InChI is InChI=1S/C23H28N2O3S/c1-2-28-18-11-9-16(10-12-18)23-24-17(15-29-23)14-22(27)25-13-5-7-20(25)19-6-3-4-8-21(19)26/h9-12,15,19-20H,2-8,13-14H2,1H3/t19-,20+/m0/s1. The van der Waals surface area contributed by atoms with Gasteiger partial charge in [-0.25, -0.2) is 4.98 Å². The first-order valence-corrected chi connectivity index (χ1v) is 11.5. The lowest BCUT2D eigenvalue weighted by Gasteiger charge is -2.33. The van der Waals surface area contributed by atoms with Crippen LogP contribution < -0.4 is 4.74 Å². The number of amides is 1. The molecule has 2 heterocycles. The summed E-state index contributed by atoms with van der Waals surface area (Å²) in [5.41, 5.74) is 1.84. The highest BCUT2D eigenvalue weighted by molar-refractivity contribution is 7.13. The van der Waals surface area contributed by atoms with Crippen molar-refractivity contribution in [3.05, 3.63) is 35.3 Å². The number of nitrogens with zero attached hydrogens (tertiary/aromatic N) is 2. The van der Waals surface area contributed by atoms with Crippen LogP contribution in [0.3, 0.4) is 0 Å². The number of hydrogen-bond acceptors (Lipinski definition) is 5. The molecule has 1 saturated heterocycles. The molecule has 6 heteroatoms. The second kappa shape index (κ2) is 9.08. The number of ketones is 1. The van der Waals surface area contributed by atoms with E-state index >= 15 is 0 Å². The van der Waals surface area contributed by atoms with Crippen molar-refractivity contribution in [2.24, 2.45) is 5.92 Å². The Morgan fingerprint density at radius 2 is 2.03 bits per heavy atom. The number of hydrogen-bond donors (Lipinski definition) is 0. The molecular formula is C23H28N2O3S. The van der Waals surface area contributed by atoms with E-state index in [-0.39, 0.29) is 17.9 Å². The molecule has 1 amide bonds. The average molecular weight is 413 g/mol. The third-order valence-electron chi connectivity index (χ3n) is 5.98. The van der Waals surface area contributed by atoms with Gasteiger partial charge in [-0.05, 0) is 56.9 Å². The third kappa shape index (κ3) is 4.53. The maximum atomic E-state index is 13.0. The van der Waals surface area contributed by atoms with E-state index in [1.54, 1.807) is 11.3 Å². The predicted molar refractivity (Wildman–Crippen MR) is 114 cm³/mol. The number of ether oxygens (including phenoxy) is 1. The normalized spacial score (nSPS) is 22.1. The molecule has 154 valence electrons. The topological polar surface area (TPSA) is 59.5 Å². The minimum atomic E-state index is 0.0463. The molecule has 1 aliphatic heterocycles. The van der Waals surface area contributed by atoms with Crippen LogP contribution in [0.2, 0.25) is 0 Å². The summed E-state index contributed by atoms with van der Waals surface area (Å²) in [5, 5.41) is 2.89. The van der Waals surface area contributed by atoms with Crippen LogP contribution in [0.15, 0.2) is 29.6 Å². The van der Waals surface area contributed by atoms with Crippen molar-refractivity contribution in [1.29, 1.82) is 0 Å². The lowest BCUT2D eigenvalue weighted by Crippen LogP contribution is -2.44. The molecule has 1 aromatic heterocycles. The molecule has 0 N–H and O–H groups in total. The molecule has 0 bridgehead atoms. The van der Waals surface area contributed by atoms with Crippen LogP contribution in [0, 0.1) is 5.92 Å². The van der Waals surface area contributed by atoms with Crippen LogP contribution in [0.25, 0.3) is 10.6 Å². The number of thiazole rings is 1. The lowest BCUT2D eigenvalue weighted by atomic mass is 9.82. The molecule has 0 unspecified atom stereocenters. The molecule has 2 aromatic rings. The average Bonchev–Trinajstić information content (AvgIpc) is 3.39. The Morgan fingerprint density at radius 1 is 1.21 bits per heavy atom. The number of benzene rings is 1. The maximum absolute atomic E-state index is 13.0. The fourth-order valence-electron chi connectivity index (χ4n) is 4.57. The zero-order valence-electron chi connectivity index (χ0n) is 16.9. The Morgan fingerprint density at radius 3 is 2.79 bits per heavy atom. The van der Waals surface area contributed by atoms with Gasteiger partial charge in [0.15, 0.2) is 0 Å². The first-order chi connectivity index (χ1) is 14.2. The predicted octanol–water partition coefficient (Wildman–Crippen LogP) is 4.50. The van der Waals surface area contributed by atoms with Crippen LogP contribution in [0.5, 0.6) is 5.75 Å². The van der Waals surface area contributed by atoms with Crippen LogP contribution in [-0.4, -0.2) is 40.8 Å². The molecule has 1 aromatic carbocycles. The molecule has 0 radical (unpaired) electrons. The summed E-state index contributed by atoms with van der Waals surface area (Å²) in [7, 11) is 0. The molecule has 2 fully saturated rings. The Kier molecular flexibility index (Phi) is 6.28. The minimum Gasteiger partial charge on any atom is -0.494 e. The second-order valence-electron chi connectivity index (χ2n) is 7.89. The van der Waals surface area contributed by atoms with E-state index in [2.05, 4.69) is 4.98 Å². The van der Waals surface area contributed by atoms with Crippen molar-refractivity contribution in [2.75, 3.05) is 13.2 Å². The number of carbonyl (C=O) groups excluding carboxylic acids is 2. The van der Waals surface area contributed by atoms with Gasteiger partial charge in [0.1, 0.15) is 16.5 Å². The van der Waals surface area contributed by atoms with Gasteiger partial charge in [-0.3, -0.25) is 9.59 Å². The van der Waals surface area contributed by atoms with E-state index in [1.807, 2.05) is 41.5 Å². The van der Waals surface area contributed by atoms with Crippen molar-refractivity contribution in [2.45, 2.75) is 57.9 Å².